The molecule has 0 fully saturated rings. The first-order chi connectivity index (χ1) is 16.3. The lowest BCUT2D eigenvalue weighted by Gasteiger charge is -2.20. The van der Waals surface area contributed by atoms with Gasteiger partial charge in [-0.1, -0.05) is 30.3 Å². The molecule has 2 N–H and O–H groups in total. The lowest BCUT2D eigenvalue weighted by Crippen LogP contribution is -2.37. The Kier molecular flexibility index (Phi) is 13.1. The molecule has 0 aliphatic rings. The first-order valence-corrected chi connectivity index (χ1v) is 11.3. The molecule has 0 aromatic heterocycles. The lowest BCUT2D eigenvalue weighted by atomic mass is 10.2. The van der Waals surface area contributed by atoms with E-state index in [2.05, 4.69) is 10.6 Å². The standard InChI is InChI=1S/C24H38N2O9/c1-23(2,3)33-21(28)25-12-13-32-35-19(16-30-15-18-10-8-7-9-11-18)17-31-20(27)14-26-22(29)34-24(4,5)6/h7-11,19H,12-17H2,1-6H3,(H,25,28)(H,26,29). The van der Waals surface area contributed by atoms with Gasteiger partial charge in [0.25, 0.3) is 0 Å². The van der Waals surface area contributed by atoms with Gasteiger partial charge < -0.3 is 29.6 Å². The molecule has 0 saturated heterocycles. The third-order valence-corrected chi connectivity index (χ3v) is 3.68. The summed E-state index contributed by atoms with van der Waals surface area (Å²) in [5.74, 6) is -0.681. The van der Waals surface area contributed by atoms with Crippen molar-refractivity contribution in [1.29, 1.82) is 0 Å². The van der Waals surface area contributed by atoms with Crippen molar-refractivity contribution in [1.82, 2.24) is 10.6 Å². The second-order valence-electron chi connectivity index (χ2n) is 9.51. The molecule has 1 unspecified atom stereocenters. The van der Waals surface area contributed by atoms with E-state index in [4.69, 9.17) is 28.7 Å². The molecule has 11 heteroatoms. The van der Waals surface area contributed by atoms with Crippen LogP contribution in [-0.2, 0) is 40.1 Å². The highest BCUT2D eigenvalue weighted by molar-refractivity contribution is 5.78. The van der Waals surface area contributed by atoms with Crippen LogP contribution in [0.3, 0.4) is 0 Å². The van der Waals surface area contributed by atoms with Crippen molar-refractivity contribution in [2.75, 3.05) is 32.9 Å². The fourth-order valence-corrected chi connectivity index (χ4v) is 2.33. The van der Waals surface area contributed by atoms with Crippen LogP contribution in [0.1, 0.15) is 47.1 Å². The first-order valence-electron chi connectivity index (χ1n) is 11.3. The van der Waals surface area contributed by atoms with Crippen LogP contribution in [-0.4, -0.2) is 68.4 Å². The summed E-state index contributed by atoms with van der Waals surface area (Å²) in [6.45, 7) is 10.5. The van der Waals surface area contributed by atoms with Gasteiger partial charge in [0.2, 0.25) is 0 Å². The second-order valence-corrected chi connectivity index (χ2v) is 9.51. The van der Waals surface area contributed by atoms with Crippen LogP contribution in [0.2, 0.25) is 0 Å². The highest BCUT2D eigenvalue weighted by Gasteiger charge is 2.19. The maximum Gasteiger partial charge on any atom is 0.408 e. The summed E-state index contributed by atoms with van der Waals surface area (Å²) in [4.78, 5) is 45.7. The van der Waals surface area contributed by atoms with E-state index >= 15 is 0 Å². The lowest BCUT2D eigenvalue weighted by molar-refractivity contribution is -0.334. The maximum absolute atomic E-state index is 12.0. The summed E-state index contributed by atoms with van der Waals surface area (Å²) >= 11 is 0. The fraction of sp³-hybridized carbons (Fsp3) is 0.625. The van der Waals surface area contributed by atoms with Crippen molar-refractivity contribution < 1.29 is 43.1 Å². The van der Waals surface area contributed by atoms with Crippen molar-refractivity contribution in [3.05, 3.63) is 35.9 Å². The highest BCUT2D eigenvalue weighted by Crippen LogP contribution is 2.07. The second kappa shape index (κ2) is 15.2. The number of esters is 1. The first kappa shape index (κ1) is 30.1. The van der Waals surface area contributed by atoms with Crippen LogP contribution in [0.5, 0.6) is 0 Å². The van der Waals surface area contributed by atoms with Gasteiger partial charge in [-0.25, -0.2) is 19.4 Å². The van der Waals surface area contributed by atoms with Gasteiger partial charge in [-0.15, -0.1) is 0 Å². The van der Waals surface area contributed by atoms with Gasteiger partial charge in [-0.2, -0.15) is 0 Å². The molecule has 1 atom stereocenters. The van der Waals surface area contributed by atoms with Gasteiger partial charge in [0, 0.05) is 6.54 Å². The van der Waals surface area contributed by atoms with Gasteiger partial charge in [-0.05, 0) is 47.1 Å². The topological polar surface area (TPSA) is 131 Å². The molecule has 0 aliphatic heterocycles. The summed E-state index contributed by atoms with van der Waals surface area (Å²) < 4.78 is 21.0. The SMILES string of the molecule is CC(C)(C)OC(=O)NCCOOC(COCc1ccccc1)COC(=O)CNC(=O)OC(C)(C)C. The average molecular weight is 499 g/mol. The van der Waals surface area contributed by atoms with Gasteiger partial charge in [0.05, 0.1) is 19.8 Å². The van der Waals surface area contributed by atoms with Crippen LogP contribution >= 0.6 is 0 Å². The van der Waals surface area contributed by atoms with Gasteiger partial charge >= 0.3 is 18.2 Å². The van der Waals surface area contributed by atoms with Crippen molar-refractivity contribution >= 4 is 18.2 Å². The molecule has 0 saturated carbocycles. The van der Waals surface area contributed by atoms with Crippen LogP contribution in [0.25, 0.3) is 0 Å². The van der Waals surface area contributed by atoms with E-state index in [0.29, 0.717) is 6.61 Å². The zero-order valence-corrected chi connectivity index (χ0v) is 21.4. The van der Waals surface area contributed by atoms with E-state index in [9.17, 15) is 14.4 Å². The Labute approximate surface area is 206 Å². The number of ether oxygens (including phenoxy) is 4. The largest absolute Gasteiger partial charge is 0.461 e. The molecular formula is C24H38N2O9. The zero-order valence-electron chi connectivity index (χ0n) is 21.4. The Bertz CT molecular complexity index is 773. The molecule has 1 aromatic carbocycles. The summed E-state index contributed by atoms with van der Waals surface area (Å²) in [5.41, 5.74) is -0.323. The number of alkyl carbamates (subject to hydrolysis) is 2. The molecule has 0 radical (unpaired) electrons. The molecule has 0 heterocycles. The molecule has 2 amide bonds. The Morgan fingerprint density at radius 3 is 2.06 bits per heavy atom. The normalized spacial score (nSPS) is 12.4. The van der Waals surface area contributed by atoms with Gasteiger partial charge in [0.1, 0.15) is 24.4 Å². The molecule has 1 rings (SSSR count). The number of nitrogens with one attached hydrogen (secondary N) is 2. The van der Waals surface area contributed by atoms with E-state index in [-0.39, 0.29) is 32.9 Å². The molecule has 0 spiro atoms. The zero-order chi connectivity index (χ0) is 26.3. The molecule has 0 aliphatic carbocycles. The van der Waals surface area contributed by atoms with Gasteiger partial charge in [-0.3, -0.25) is 4.79 Å². The maximum atomic E-state index is 12.0. The third kappa shape index (κ3) is 17.2. The van der Waals surface area contributed by atoms with Crippen LogP contribution in [0.15, 0.2) is 30.3 Å². The fourth-order valence-electron chi connectivity index (χ4n) is 2.33. The minimum Gasteiger partial charge on any atom is -0.461 e. The molecule has 1 aromatic rings. The van der Waals surface area contributed by atoms with E-state index in [0.717, 1.165) is 5.56 Å². The number of hydrogen-bond acceptors (Lipinski definition) is 9. The number of carbonyl (C=O) groups excluding carboxylic acids is 3. The molecule has 11 nitrogen and oxygen atoms in total. The van der Waals surface area contributed by atoms with Crippen molar-refractivity contribution in [3.8, 4) is 0 Å². The minimum atomic E-state index is -0.745. The molecule has 198 valence electrons. The van der Waals surface area contributed by atoms with Crippen LogP contribution in [0.4, 0.5) is 9.59 Å². The van der Waals surface area contributed by atoms with E-state index in [1.165, 1.54) is 0 Å². The quantitative estimate of drug-likeness (QED) is 0.138. The average Bonchev–Trinajstić information content (AvgIpc) is 2.73. The summed E-state index contributed by atoms with van der Waals surface area (Å²) in [5, 5.41) is 4.86. The Hall–Kier alpha value is -2.89. The Morgan fingerprint density at radius 1 is 0.857 bits per heavy atom. The number of rotatable bonds is 13. The van der Waals surface area contributed by atoms with Crippen molar-refractivity contribution in [3.63, 3.8) is 0 Å². The third-order valence-electron chi connectivity index (χ3n) is 3.68. The van der Waals surface area contributed by atoms with E-state index < -0.39 is 35.5 Å². The van der Waals surface area contributed by atoms with Crippen molar-refractivity contribution in [2.45, 2.75) is 65.5 Å². The minimum absolute atomic E-state index is 0.0303. The van der Waals surface area contributed by atoms with E-state index in [1.54, 1.807) is 41.5 Å². The van der Waals surface area contributed by atoms with Gasteiger partial charge in [0.15, 0.2) is 6.10 Å². The highest BCUT2D eigenvalue weighted by atomic mass is 17.2. The summed E-state index contributed by atoms with van der Waals surface area (Å²) in [7, 11) is 0. The molecule has 0 bridgehead atoms. The van der Waals surface area contributed by atoms with Crippen LogP contribution < -0.4 is 10.6 Å². The van der Waals surface area contributed by atoms with E-state index in [1.807, 2.05) is 30.3 Å². The summed E-state index contributed by atoms with van der Waals surface area (Å²) in [6.07, 6.45) is -2.05. The summed E-state index contributed by atoms with van der Waals surface area (Å²) in [6, 6.07) is 9.52. The molecular weight excluding hydrogens is 460 g/mol. The Balaban J connectivity index is 2.42. The number of hydrogen-bond donors (Lipinski definition) is 2. The Morgan fingerprint density at radius 2 is 1.46 bits per heavy atom. The monoisotopic (exact) mass is 498 g/mol. The van der Waals surface area contributed by atoms with Crippen LogP contribution in [0, 0.1) is 0 Å². The predicted octanol–water partition coefficient (Wildman–Crippen LogP) is 3.11. The number of amides is 2. The molecule has 35 heavy (non-hydrogen) atoms. The number of carbonyl (C=O) groups is 3. The number of benzene rings is 1. The predicted molar refractivity (Wildman–Crippen MR) is 126 cm³/mol. The smallest absolute Gasteiger partial charge is 0.408 e. The van der Waals surface area contributed by atoms with Crippen molar-refractivity contribution in [2.24, 2.45) is 0 Å².